The Bertz CT molecular complexity index is 952. The van der Waals surface area contributed by atoms with Crippen molar-refractivity contribution >= 4 is 18.0 Å². The minimum absolute atomic E-state index is 0.163. The number of amides is 1. The number of nitrogens with zero attached hydrogens (tertiary/aromatic N) is 2. The maximum Gasteiger partial charge on any atom is 0.331 e. The predicted molar refractivity (Wildman–Crippen MR) is 115 cm³/mol. The Morgan fingerprint density at radius 2 is 1.77 bits per heavy atom. The Kier molecular flexibility index (Phi) is 6.52. The molecule has 2 aromatic carbocycles. The van der Waals surface area contributed by atoms with Gasteiger partial charge in [-0.05, 0) is 36.3 Å². The molecule has 0 aliphatic carbocycles. The zero-order valence-corrected chi connectivity index (χ0v) is 17.5. The van der Waals surface area contributed by atoms with Gasteiger partial charge >= 0.3 is 5.97 Å². The van der Waals surface area contributed by atoms with Crippen molar-refractivity contribution < 1.29 is 23.8 Å². The Hall–Kier alpha value is -3.32. The molecule has 0 bridgehead atoms. The number of carbonyl (C=O) groups excluding carboxylic acids is 2. The summed E-state index contributed by atoms with van der Waals surface area (Å²) in [6, 6.07) is 15.7. The average molecular weight is 422 g/mol. The maximum absolute atomic E-state index is 12.7. The molecule has 2 heterocycles. The molecule has 162 valence electrons. The number of hydrogen-bond donors (Lipinski definition) is 0. The van der Waals surface area contributed by atoms with Crippen molar-refractivity contribution in [1.29, 1.82) is 0 Å². The van der Waals surface area contributed by atoms with Crippen LogP contribution in [0.4, 0.5) is 0 Å². The summed E-state index contributed by atoms with van der Waals surface area (Å²) < 4.78 is 15.9. The van der Waals surface area contributed by atoms with Crippen molar-refractivity contribution in [3.8, 4) is 11.5 Å². The van der Waals surface area contributed by atoms with E-state index in [1.54, 1.807) is 30.0 Å². The van der Waals surface area contributed by atoms with E-state index in [0.29, 0.717) is 24.6 Å². The van der Waals surface area contributed by atoms with Gasteiger partial charge in [0.1, 0.15) is 0 Å². The Morgan fingerprint density at radius 3 is 2.55 bits per heavy atom. The molecule has 0 aromatic heterocycles. The molecule has 1 atom stereocenters. The largest absolute Gasteiger partial charge is 0.454 e. The first kappa shape index (κ1) is 20.9. The minimum Gasteiger partial charge on any atom is -0.454 e. The smallest absolute Gasteiger partial charge is 0.331 e. The molecule has 0 unspecified atom stereocenters. The molecule has 0 N–H and O–H groups in total. The van der Waals surface area contributed by atoms with E-state index in [4.69, 9.17) is 14.2 Å². The fourth-order valence-electron chi connectivity index (χ4n) is 3.67. The number of hydrogen-bond acceptors (Lipinski definition) is 6. The van der Waals surface area contributed by atoms with Gasteiger partial charge in [-0.25, -0.2) is 4.79 Å². The third-order valence-corrected chi connectivity index (χ3v) is 5.38. The number of esters is 1. The molecule has 0 spiro atoms. The molecule has 1 fully saturated rings. The maximum atomic E-state index is 12.7. The Morgan fingerprint density at radius 1 is 1.03 bits per heavy atom. The van der Waals surface area contributed by atoms with E-state index in [9.17, 15) is 9.59 Å². The van der Waals surface area contributed by atoms with Crippen LogP contribution in [-0.2, 0) is 20.9 Å². The van der Waals surface area contributed by atoms with Crippen molar-refractivity contribution in [3.63, 3.8) is 0 Å². The number of benzene rings is 2. The van der Waals surface area contributed by atoms with Crippen molar-refractivity contribution in [1.82, 2.24) is 9.80 Å². The normalized spacial score (nSPS) is 17.0. The number of piperazine rings is 1. The van der Waals surface area contributed by atoms with Crippen molar-refractivity contribution in [3.05, 3.63) is 65.7 Å². The van der Waals surface area contributed by atoms with Crippen LogP contribution in [0.1, 0.15) is 18.1 Å². The van der Waals surface area contributed by atoms with Crippen LogP contribution in [0.3, 0.4) is 0 Å². The highest BCUT2D eigenvalue weighted by atomic mass is 16.7. The highest BCUT2D eigenvalue weighted by molar-refractivity contribution is 5.90. The van der Waals surface area contributed by atoms with Gasteiger partial charge in [-0.3, -0.25) is 9.69 Å². The summed E-state index contributed by atoms with van der Waals surface area (Å²) in [4.78, 5) is 28.9. The zero-order valence-electron chi connectivity index (χ0n) is 17.5. The van der Waals surface area contributed by atoms with E-state index in [0.717, 1.165) is 25.2 Å². The van der Waals surface area contributed by atoms with Crippen LogP contribution in [0.25, 0.3) is 6.08 Å². The van der Waals surface area contributed by atoms with E-state index in [2.05, 4.69) is 17.0 Å². The van der Waals surface area contributed by atoms with Crippen molar-refractivity contribution in [2.75, 3.05) is 33.0 Å². The van der Waals surface area contributed by atoms with E-state index in [1.807, 2.05) is 24.3 Å². The topological polar surface area (TPSA) is 68.3 Å². The number of carbonyl (C=O) groups is 2. The molecule has 2 aliphatic rings. The number of rotatable bonds is 6. The number of fused-ring (bicyclic) bond motifs is 1. The molecule has 0 saturated carbocycles. The monoisotopic (exact) mass is 422 g/mol. The molecular weight excluding hydrogens is 396 g/mol. The summed E-state index contributed by atoms with van der Waals surface area (Å²) in [5, 5.41) is 0. The fourth-order valence-corrected chi connectivity index (χ4v) is 3.67. The lowest BCUT2D eigenvalue weighted by molar-refractivity contribution is -0.156. The van der Waals surface area contributed by atoms with E-state index >= 15 is 0 Å². The predicted octanol–water partition coefficient (Wildman–Crippen LogP) is 2.70. The average Bonchev–Trinajstić information content (AvgIpc) is 3.26. The molecule has 2 aliphatic heterocycles. The lowest BCUT2D eigenvalue weighted by atomic mass is 10.2. The molecule has 7 nitrogen and oxygen atoms in total. The molecule has 7 heteroatoms. The summed E-state index contributed by atoms with van der Waals surface area (Å²) in [5.74, 6) is 0.610. The van der Waals surface area contributed by atoms with Crippen LogP contribution in [0.2, 0.25) is 0 Å². The molecular formula is C24H26N2O5. The van der Waals surface area contributed by atoms with E-state index < -0.39 is 12.1 Å². The SMILES string of the molecule is C[C@@H](OC(=O)/C=C/c1ccc2c(c1)OCO2)C(=O)N1CCN(Cc2ccccc2)CC1. The summed E-state index contributed by atoms with van der Waals surface area (Å²) in [5.41, 5.74) is 2.05. The summed E-state index contributed by atoms with van der Waals surface area (Å²) in [6.45, 7) is 5.53. The molecule has 1 amide bonds. The van der Waals surface area contributed by atoms with E-state index in [-0.39, 0.29) is 12.7 Å². The quantitative estimate of drug-likeness (QED) is 0.527. The second-order valence-corrected chi connectivity index (χ2v) is 7.61. The second kappa shape index (κ2) is 9.66. The third-order valence-electron chi connectivity index (χ3n) is 5.38. The Balaban J connectivity index is 1.23. The molecule has 1 saturated heterocycles. The highest BCUT2D eigenvalue weighted by Crippen LogP contribution is 2.32. The third kappa shape index (κ3) is 5.44. The van der Waals surface area contributed by atoms with Gasteiger partial charge in [0.25, 0.3) is 5.91 Å². The molecule has 2 aromatic rings. The van der Waals surface area contributed by atoms with Crippen LogP contribution in [0.15, 0.2) is 54.6 Å². The first-order valence-corrected chi connectivity index (χ1v) is 10.4. The summed E-state index contributed by atoms with van der Waals surface area (Å²) >= 11 is 0. The van der Waals surface area contributed by atoms with Gasteiger partial charge in [-0.15, -0.1) is 0 Å². The summed E-state index contributed by atoms with van der Waals surface area (Å²) in [7, 11) is 0. The molecule has 4 rings (SSSR count). The standard InChI is InChI=1S/C24H26N2O5/c1-18(31-23(27)10-8-19-7-9-21-22(15-19)30-17-29-21)24(28)26-13-11-25(12-14-26)16-20-5-3-2-4-6-20/h2-10,15,18H,11-14,16-17H2,1H3/b10-8+/t18-/m1/s1. The van der Waals surface area contributed by atoms with Gasteiger partial charge in [0, 0.05) is 38.8 Å². The zero-order chi connectivity index (χ0) is 21.6. The van der Waals surface area contributed by atoms with Crippen molar-refractivity contribution in [2.24, 2.45) is 0 Å². The fraction of sp³-hybridized carbons (Fsp3) is 0.333. The minimum atomic E-state index is -0.824. The lowest BCUT2D eigenvalue weighted by Gasteiger charge is -2.35. The van der Waals surface area contributed by atoms with Crippen LogP contribution < -0.4 is 9.47 Å². The van der Waals surface area contributed by atoms with Gasteiger partial charge in [0.05, 0.1) is 0 Å². The van der Waals surface area contributed by atoms with Crippen LogP contribution >= 0.6 is 0 Å². The highest BCUT2D eigenvalue weighted by Gasteiger charge is 2.26. The van der Waals surface area contributed by atoms with Crippen LogP contribution in [-0.4, -0.2) is 60.8 Å². The van der Waals surface area contributed by atoms with Crippen LogP contribution in [0.5, 0.6) is 11.5 Å². The first-order valence-electron chi connectivity index (χ1n) is 10.4. The van der Waals surface area contributed by atoms with Gasteiger partial charge in [-0.1, -0.05) is 36.4 Å². The van der Waals surface area contributed by atoms with Gasteiger partial charge < -0.3 is 19.1 Å². The first-order chi connectivity index (χ1) is 15.1. The molecule has 0 radical (unpaired) electrons. The second-order valence-electron chi connectivity index (χ2n) is 7.61. The lowest BCUT2D eigenvalue weighted by Crippen LogP contribution is -2.51. The van der Waals surface area contributed by atoms with Gasteiger partial charge in [0.2, 0.25) is 6.79 Å². The Labute approximate surface area is 181 Å². The van der Waals surface area contributed by atoms with E-state index in [1.165, 1.54) is 11.6 Å². The number of ether oxygens (including phenoxy) is 3. The summed E-state index contributed by atoms with van der Waals surface area (Å²) in [6.07, 6.45) is 2.12. The van der Waals surface area contributed by atoms with Crippen molar-refractivity contribution in [2.45, 2.75) is 19.6 Å². The van der Waals surface area contributed by atoms with Gasteiger partial charge in [-0.2, -0.15) is 0 Å². The van der Waals surface area contributed by atoms with Gasteiger partial charge in [0.15, 0.2) is 17.6 Å². The van der Waals surface area contributed by atoms with Crippen LogP contribution in [0, 0.1) is 0 Å². The molecule has 31 heavy (non-hydrogen) atoms.